The summed E-state index contributed by atoms with van der Waals surface area (Å²) in [5.41, 5.74) is 1.94. The van der Waals surface area contributed by atoms with Crippen LogP contribution in [0.4, 0.5) is 0 Å². The molecule has 0 heterocycles. The summed E-state index contributed by atoms with van der Waals surface area (Å²) in [4.78, 5) is 24.6. The Bertz CT molecular complexity index is 854. The minimum Gasteiger partial charge on any atom is -0.504 e. The van der Waals surface area contributed by atoms with Gasteiger partial charge in [0.1, 0.15) is 0 Å². The van der Waals surface area contributed by atoms with Crippen LogP contribution >= 0.6 is 0 Å². The summed E-state index contributed by atoms with van der Waals surface area (Å²) in [6.07, 6.45) is 1.60. The molecule has 0 fully saturated rings. The van der Waals surface area contributed by atoms with Gasteiger partial charge in [0.2, 0.25) is 5.75 Å². The first-order chi connectivity index (χ1) is 13.7. The summed E-state index contributed by atoms with van der Waals surface area (Å²) >= 11 is 0. The van der Waals surface area contributed by atoms with Crippen molar-refractivity contribution < 1.29 is 29.3 Å². The molecule has 0 saturated heterocycles. The number of carbonyl (C=O) groups excluding carboxylic acids is 2. The molecular weight excluding hydrogens is 372 g/mol. The SMILES string of the molecule is CCCOC(=O)c1cc(O)c(O)c(OC(=O)C(C)c2ccc(CC(C)C)cc2)c1. The molecule has 0 amide bonds. The van der Waals surface area contributed by atoms with Crippen LogP contribution < -0.4 is 4.74 Å². The van der Waals surface area contributed by atoms with Crippen molar-refractivity contribution in [3.63, 3.8) is 0 Å². The summed E-state index contributed by atoms with van der Waals surface area (Å²) < 4.78 is 10.3. The van der Waals surface area contributed by atoms with Crippen molar-refractivity contribution in [2.75, 3.05) is 6.61 Å². The lowest BCUT2D eigenvalue weighted by atomic mass is 9.97. The van der Waals surface area contributed by atoms with Crippen molar-refractivity contribution in [2.24, 2.45) is 5.92 Å². The van der Waals surface area contributed by atoms with Gasteiger partial charge in [-0.3, -0.25) is 4.79 Å². The van der Waals surface area contributed by atoms with Gasteiger partial charge in [-0.2, -0.15) is 0 Å². The Kier molecular flexibility index (Phi) is 7.65. The van der Waals surface area contributed by atoms with Gasteiger partial charge >= 0.3 is 11.9 Å². The first-order valence-electron chi connectivity index (χ1n) is 9.76. The van der Waals surface area contributed by atoms with Gasteiger partial charge < -0.3 is 19.7 Å². The lowest BCUT2D eigenvalue weighted by molar-refractivity contribution is -0.135. The number of hydrogen-bond acceptors (Lipinski definition) is 6. The molecule has 0 saturated carbocycles. The second-order valence-corrected chi connectivity index (χ2v) is 7.46. The normalized spacial score (nSPS) is 11.9. The molecule has 1 unspecified atom stereocenters. The van der Waals surface area contributed by atoms with E-state index in [9.17, 15) is 19.8 Å². The van der Waals surface area contributed by atoms with E-state index in [1.165, 1.54) is 11.6 Å². The number of carbonyl (C=O) groups is 2. The van der Waals surface area contributed by atoms with Crippen molar-refractivity contribution >= 4 is 11.9 Å². The third-order valence-electron chi connectivity index (χ3n) is 4.42. The fourth-order valence-electron chi connectivity index (χ4n) is 2.81. The van der Waals surface area contributed by atoms with Crippen molar-refractivity contribution in [2.45, 2.75) is 46.5 Å². The van der Waals surface area contributed by atoms with E-state index in [0.29, 0.717) is 12.3 Å². The molecule has 2 aromatic carbocycles. The van der Waals surface area contributed by atoms with Gasteiger partial charge in [-0.15, -0.1) is 0 Å². The van der Waals surface area contributed by atoms with Gasteiger partial charge in [0.05, 0.1) is 18.1 Å². The smallest absolute Gasteiger partial charge is 0.338 e. The van der Waals surface area contributed by atoms with E-state index < -0.39 is 29.4 Å². The van der Waals surface area contributed by atoms with Gasteiger partial charge in [0.25, 0.3) is 0 Å². The molecule has 0 aliphatic heterocycles. The number of rotatable bonds is 8. The molecule has 6 nitrogen and oxygen atoms in total. The van der Waals surface area contributed by atoms with Crippen molar-refractivity contribution in [3.8, 4) is 17.2 Å². The Balaban J connectivity index is 2.16. The summed E-state index contributed by atoms with van der Waals surface area (Å²) in [6.45, 7) is 8.05. The maximum absolute atomic E-state index is 12.6. The highest BCUT2D eigenvalue weighted by atomic mass is 16.5. The van der Waals surface area contributed by atoms with Crippen LogP contribution in [0.5, 0.6) is 17.2 Å². The van der Waals surface area contributed by atoms with E-state index in [1.807, 2.05) is 31.2 Å². The Morgan fingerprint density at radius 1 is 1.03 bits per heavy atom. The molecule has 2 aromatic rings. The molecule has 0 radical (unpaired) electrons. The average Bonchev–Trinajstić information content (AvgIpc) is 2.68. The molecule has 2 N–H and O–H groups in total. The molecule has 156 valence electrons. The number of ether oxygens (including phenoxy) is 2. The summed E-state index contributed by atoms with van der Waals surface area (Å²) in [6, 6.07) is 9.96. The number of phenolic OH excluding ortho intramolecular Hbond substituents is 2. The van der Waals surface area contributed by atoms with Crippen LogP contribution in [0.25, 0.3) is 0 Å². The molecule has 2 rings (SSSR count). The highest BCUT2D eigenvalue weighted by molar-refractivity contribution is 5.91. The van der Waals surface area contributed by atoms with Gasteiger partial charge in [0, 0.05) is 0 Å². The Morgan fingerprint density at radius 3 is 2.28 bits per heavy atom. The number of aromatic hydroxyl groups is 2. The first kappa shape index (κ1) is 22.3. The molecule has 29 heavy (non-hydrogen) atoms. The van der Waals surface area contributed by atoms with E-state index in [0.717, 1.165) is 18.1 Å². The fraction of sp³-hybridized carbons (Fsp3) is 0.391. The minimum absolute atomic E-state index is 0.0118. The molecule has 1 atom stereocenters. The first-order valence-corrected chi connectivity index (χ1v) is 9.76. The molecule has 0 bridgehead atoms. The second kappa shape index (κ2) is 9.96. The molecule has 6 heteroatoms. The highest BCUT2D eigenvalue weighted by Crippen LogP contribution is 2.37. The zero-order valence-corrected chi connectivity index (χ0v) is 17.3. The van der Waals surface area contributed by atoms with Crippen molar-refractivity contribution in [1.82, 2.24) is 0 Å². The van der Waals surface area contributed by atoms with Gasteiger partial charge in [-0.1, -0.05) is 45.0 Å². The van der Waals surface area contributed by atoms with E-state index >= 15 is 0 Å². The Hall–Kier alpha value is -3.02. The minimum atomic E-state index is -0.673. The molecule has 0 aliphatic carbocycles. The largest absolute Gasteiger partial charge is 0.504 e. The molecular formula is C23H28O6. The van der Waals surface area contributed by atoms with Crippen LogP contribution in [0.15, 0.2) is 36.4 Å². The topological polar surface area (TPSA) is 93.1 Å². The third-order valence-corrected chi connectivity index (χ3v) is 4.42. The van der Waals surface area contributed by atoms with Crippen LogP contribution in [-0.4, -0.2) is 28.8 Å². The van der Waals surface area contributed by atoms with Crippen LogP contribution in [-0.2, 0) is 16.0 Å². The second-order valence-electron chi connectivity index (χ2n) is 7.46. The van der Waals surface area contributed by atoms with Crippen LogP contribution in [0.3, 0.4) is 0 Å². The fourth-order valence-corrected chi connectivity index (χ4v) is 2.81. The lowest BCUT2D eigenvalue weighted by Gasteiger charge is -2.14. The predicted molar refractivity (Wildman–Crippen MR) is 109 cm³/mol. The number of esters is 2. The van der Waals surface area contributed by atoms with E-state index in [4.69, 9.17) is 9.47 Å². The zero-order chi connectivity index (χ0) is 21.6. The predicted octanol–water partition coefficient (Wildman–Crippen LogP) is 4.57. The van der Waals surface area contributed by atoms with E-state index in [1.54, 1.807) is 6.92 Å². The average molecular weight is 400 g/mol. The quantitative estimate of drug-likeness (QED) is 0.383. The maximum atomic E-state index is 12.6. The molecule has 0 aromatic heterocycles. The zero-order valence-electron chi connectivity index (χ0n) is 17.3. The van der Waals surface area contributed by atoms with Gasteiger partial charge in [-0.25, -0.2) is 4.79 Å². The number of hydrogen-bond donors (Lipinski definition) is 2. The monoisotopic (exact) mass is 400 g/mol. The summed E-state index contributed by atoms with van der Waals surface area (Å²) in [5.74, 6) is -2.81. The summed E-state index contributed by atoms with van der Waals surface area (Å²) in [5, 5.41) is 19.9. The highest BCUT2D eigenvalue weighted by Gasteiger charge is 2.22. The molecule has 0 spiro atoms. The van der Waals surface area contributed by atoms with Crippen LogP contribution in [0.1, 0.15) is 61.5 Å². The van der Waals surface area contributed by atoms with Crippen molar-refractivity contribution in [1.29, 1.82) is 0 Å². The number of phenols is 2. The standard InChI is InChI=1S/C23H28O6/c1-5-10-28-23(27)18-12-19(24)21(25)20(13-18)29-22(26)15(4)17-8-6-16(7-9-17)11-14(2)3/h6-9,12-15,24-25H,5,10-11H2,1-4H3. The third kappa shape index (κ3) is 5.98. The Morgan fingerprint density at radius 2 is 1.69 bits per heavy atom. The maximum Gasteiger partial charge on any atom is 0.338 e. The summed E-state index contributed by atoms with van der Waals surface area (Å²) in [7, 11) is 0. The number of benzene rings is 2. The van der Waals surface area contributed by atoms with E-state index in [-0.39, 0.29) is 17.9 Å². The van der Waals surface area contributed by atoms with Crippen LogP contribution in [0.2, 0.25) is 0 Å². The Labute approximate surface area is 171 Å². The molecule has 0 aliphatic rings. The lowest BCUT2D eigenvalue weighted by Crippen LogP contribution is -2.17. The van der Waals surface area contributed by atoms with Gasteiger partial charge in [-0.05, 0) is 48.9 Å². The van der Waals surface area contributed by atoms with Crippen molar-refractivity contribution in [3.05, 3.63) is 53.1 Å². The van der Waals surface area contributed by atoms with E-state index in [2.05, 4.69) is 13.8 Å². The van der Waals surface area contributed by atoms with Crippen LogP contribution in [0, 0.1) is 5.92 Å². The van der Waals surface area contributed by atoms with Gasteiger partial charge in [0.15, 0.2) is 11.5 Å².